The first-order chi connectivity index (χ1) is 8.61. The van der Waals surface area contributed by atoms with Crippen LogP contribution in [0.15, 0.2) is 36.4 Å². The van der Waals surface area contributed by atoms with Gasteiger partial charge in [-0.15, -0.1) is 0 Å². The Balaban J connectivity index is 2.11. The van der Waals surface area contributed by atoms with Gasteiger partial charge in [-0.05, 0) is 30.7 Å². The predicted octanol–water partition coefficient (Wildman–Crippen LogP) is 1.42. The van der Waals surface area contributed by atoms with Gasteiger partial charge in [0.1, 0.15) is 0 Å². The zero-order chi connectivity index (χ0) is 13.1. The molecular formula is C14H15N3O. The molecule has 4 nitrogen and oxygen atoms in total. The Morgan fingerprint density at radius 1 is 1.39 bits per heavy atom. The lowest BCUT2D eigenvalue weighted by atomic mass is 10.1. The summed E-state index contributed by atoms with van der Waals surface area (Å²) in [5.74, 6) is -0.107. The van der Waals surface area contributed by atoms with Crippen molar-refractivity contribution in [1.29, 1.82) is 5.26 Å². The molecule has 0 radical (unpaired) electrons. The van der Waals surface area contributed by atoms with Crippen molar-refractivity contribution in [3.63, 3.8) is 0 Å². The van der Waals surface area contributed by atoms with Crippen molar-refractivity contribution in [2.75, 3.05) is 11.9 Å². The number of anilines is 1. The minimum absolute atomic E-state index is 0.0201. The Morgan fingerprint density at radius 3 is 2.56 bits per heavy atom. The maximum atomic E-state index is 12.2. The molecule has 0 saturated heterocycles. The predicted molar refractivity (Wildman–Crippen MR) is 69.8 cm³/mol. The van der Waals surface area contributed by atoms with Crippen molar-refractivity contribution in [2.45, 2.75) is 12.5 Å². The molecule has 0 aromatic heterocycles. The van der Waals surface area contributed by atoms with Gasteiger partial charge in [0.2, 0.25) is 5.91 Å². The summed E-state index contributed by atoms with van der Waals surface area (Å²) < 4.78 is 0. The maximum absolute atomic E-state index is 12.2. The molecular weight excluding hydrogens is 226 g/mol. The third-order valence-corrected chi connectivity index (χ3v) is 3.15. The second kappa shape index (κ2) is 5.03. The summed E-state index contributed by atoms with van der Waals surface area (Å²) in [6.45, 7) is 0. The Morgan fingerprint density at radius 2 is 2.06 bits per heavy atom. The van der Waals surface area contributed by atoms with E-state index in [1.54, 1.807) is 36.2 Å². The molecule has 2 rings (SSSR count). The average molecular weight is 241 g/mol. The van der Waals surface area contributed by atoms with Crippen LogP contribution in [-0.4, -0.2) is 19.0 Å². The number of rotatable bonds is 2. The van der Waals surface area contributed by atoms with Gasteiger partial charge in [-0.1, -0.05) is 12.2 Å². The van der Waals surface area contributed by atoms with Crippen LogP contribution < -0.4 is 10.6 Å². The zero-order valence-corrected chi connectivity index (χ0v) is 10.2. The number of benzene rings is 1. The molecule has 4 heteroatoms. The smallest absolute Gasteiger partial charge is 0.233 e. The van der Waals surface area contributed by atoms with Gasteiger partial charge in [0.15, 0.2) is 0 Å². The second-order valence-corrected chi connectivity index (χ2v) is 4.45. The van der Waals surface area contributed by atoms with Gasteiger partial charge in [-0.25, -0.2) is 0 Å². The van der Waals surface area contributed by atoms with Crippen LogP contribution in [0.3, 0.4) is 0 Å². The van der Waals surface area contributed by atoms with E-state index in [1.807, 2.05) is 12.2 Å². The number of nitriles is 1. The van der Waals surface area contributed by atoms with Crippen LogP contribution in [0.25, 0.3) is 0 Å². The SMILES string of the molecule is CN(C(=O)C1C=CC(N)C1)c1ccc(C#N)cc1. The van der Waals surface area contributed by atoms with E-state index in [9.17, 15) is 4.79 Å². The molecule has 1 aromatic rings. The minimum atomic E-state index is -0.138. The number of nitrogens with zero attached hydrogens (tertiary/aromatic N) is 2. The van der Waals surface area contributed by atoms with E-state index in [0.717, 1.165) is 5.69 Å². The Labute approximate surface area is 106 Å². The van der Waals surface area contributed by atoms with Crippen LogP contribution in [-0.2, 0) is 4.79 Å². The molecule has 1 aromatic carbocycles. The molecule has 0 aliphatic heterocycles. The van der Waals surface area contributed by atoms with E-state index in [2.05, 4.69) is 6.07 Å². The summed E-state index contributed by atoms with van der Waals surface area (Å²) in [5, 5.41) is 8.72. The Hall–Kier alpha value is -2.12. The first-order valence-electron chi connectivity index (χ1n) is 5.83. The number of carbonyl (C=O) groups excluding carboxylic acids is 1. The van der Waals surface area contributed by atoms with Gasteiger partial charge in [0.05, 0.1) is 17.6 Å². The van der Waals surface area contributed by atoms with E-state index < -0.39 is 0 Å². The summed E-state index contributed by atoms with van der Waals surface area (Å²) in [4.78, 5) is 13.8. The monoisotopic (exact) mass is 241 g/mol. The quantitative estimate of drug-likeness (QED) is 0.796. The van der Waals surface area contributed by atoms with Gasteiger partial charge in [0, 0.05) is 18.8 Å². The molecule has 0 fully saturated rings. The number of hydrogen-bond acceptors (Lipinski definition) is 3. The Kier molecular flexibility index (Phi) is 3.45. The summed E-state index contributed by atoms with van der Waals surface area (Å²) in [6.07, 6.45) is 4.40. The summed E-state index contributed by atoms with van der Waals surface area (Å²) in [6, 6.07) is 8.99. The molecule has 92 valence electrons. The Bertz CT molecular complexity index is 513. The van der Waals surface area contributed by atoms with E-state index in [0.29, 0.717) is 12.0 Å². The molecule has 0 bridgehead atoms. The zero-order valence-electron chi connectivity index (χ0n) is 10.2. The van der Waals surface area contributed by atoms with Crippen LogP contribution >= 0.6 is 0 Å². The van der Waals surface area contributed by atoms with Gasteiger partial charge in [0.25, 0.3) is 0 Å². The lowest BCUT2D eigenvalue weighted by Gasteiger charge is -2.20. The molecule has 2 atom stereocenters. The van der Waals surface area contributed by atoms with E-state index in [1.165, 1.54) is 0 Å². The lowest BCUT2D eigenvalue weighted by molar-refractivity contribution is -0.120. The van der Waals surface area contributed by atoms with Crippen molar-refractivity contribution in [2.24, 2.45) is 11.7 Å². The van der Waals surface area contributed by atoms with Crippen LogP contribution in [0, 0.1) is 17.2 Å². The van der Waals surface area contributed by atoms with Gasteiger partial charge in [-0.3, -0.25) is 4.79 Å². The van der Waals surface area contributed by atoms with Crippen molar-refractivity contribution in [3.8, 4) is 6.07 Å². The fourth-order valence-electron chi connectivity index (χ4n) is 2.05. The van der Waals surface area contributed by atoms with Crippen LogP contribution in [0.2, 0.25) is 0 Å². The second-order valence-electron chi connectivity index (χ2n) is 4.45. The van der Waals surface area contributed by atoms with Crippen molar-refractivity contribution in [1.82, 2.24) is 0 Å². The van der Waals surface area contributed by atoms with Crippen LogP contribution in [0.4, 0.5) is 5.69 Å². The standard InChI is InChI=1S/C14H15N3O/c1-17(13-6-2-10(9-15)3-7-13)14(18)11-4-5-12(16)8-11/h2-7,11-12H,8,16H2,1H3. The lowest BCUT2D eigenvalue weighted by Crippen LogP contribution is -2.32. The van der Waals surface area contributed by atoms with Crippen LogP contribution in [0.1, 0.15) is 12.0 Å². The normalized spacial score (nSPS) is 21.6. The fraction of sp³-hybridized carbons (Fsp3) is 0.286. The van der Waals surface area contributed by atoms with Crippen molar-refractivity contribution in [3.05, 3.63) is 42.0 Å². The molecule has 0 heterocycles. The van der Waals surface area contributed by atoms with Gasteiger partial charge in [-0.2, -0.15) is 5.26 Å². The first kappa shape index (κ1) is 12.3. The number of amides is 1. The molecule has 2 unspecified atom stereocenters. The first-order valence-corrected chi connectivity index (χ1v) is 5.83. The highest BCUT2D eigenvalue weighted by Gasteiger charge is 2.25. The third-order valence-electron chi connectivity index (χ3n) is 3.15. The van der Waals surface area contributed by atoms with E-state index in [4.69, 9.17) is 11.0 Å². The average Bonchev–Trinajstić information content (AvgIpc) is 2.84. The highest BCUT2D eigenvalue weighted by Crippen LogP contribution is 2.22. The number of hydrogen-bond donors (Lipinski definition) is 1. The third kappa shape index (κ3) is 2.41. The molecule has 1 aliphatic carbocycles. The van der Waals surface area contributed by atoms with Crippen molar-refractivity contribution >= 4 is 11.6 Å². The van der Waals surface area contributed by atoms with Crippen LogP contribution in [0.5, 0.6) is 0 Å². The van der Waals surface area contributed by atoms with Gasteiger partial charge >= 0.3 is 0 Å². The molecule has 1 aliphatic rings. The van der Waals surface area contributed by atoms with Gasteiger partial charge < -0.3 is 10.6 Å². The highest BCUT2D eigenvalue weighted by molar-refractivity contribution is 5.95. The molecule has 0 spiro atoms. The summed E-state index contributed by atoms with van der Waals surface area (Å²) >= 11 is 0. The summed E-state index contributed by atoms with van der Waals surface area (Å²) in [5.41, 5.74) is 7.12. The molecule has 2 N–H and O–H groups in total. The fourth-order valence-corrected chi connectivity index (χ4v) is 2.05. The van der Waals surface area contributed by atoms with E-state index >= 15 is 0 Å². The molecule has 18 heavy (non-hydrogen) atoms. The van der Waals surface area contributed by atoms with E-state index in [-0.39, 0.29) is 17.9 Å². The molecule has 1 amide bonds. The number of carbonyl (C=O) groups is 1. The topological polar surface area (TPSA) is 70.1 Å². The largest absolute Gasteiger partial charge is 0.324 e. The number of nitrogens with two attached hydrogens (primary N) is 1. The molecule has 0 saturated carbocycles. The minimum Gasteiger partial charge on any atom is -0.324 e. The van der Waals surface area contributed by atoms with Crippen molar-refractivity contribution < 1.29 is 4.79 Å². The summed E-state index contributed by atoms with van der Waals surface area (Å²) in [7, 11) is 1.74. The maximum Gasteiger partial charge on any atom is 0.233 e. The highest BCUT2D eigenvalue weighted by atomic mass is 16.2.